The molecular formula is C25H33N3O2. The van der Waals surface area contributed by atoms with E-state index < -0.39 is 0 Å². The summed E-state index contributed by atoms with van der Waals surface area (Å²) in [6.07, 6.45) is 3.12. The lowest BCUT2D eigenvalue weighted by molar-refractivity contribution is -0.119. The normalized spacial score (nSPS) is 18.0. The molecule has 1 amide bonds. The van der Waals surface area contributed by atoms with Crippen LogP contribution in [-0.4, -0.2) is 62.1 Å². The van der Waals surface area contributed by atoms with Crippen molar-refractivity contribution in [2.24, 2.45) is 0 Å². The molecule has 160 valence electrons. The van der Waals surface area contributed by atoms with Gasteiger partial charge in [-0.3, -0.25) is 14.6 Å². The summed E-state index contributed by atoms with van der Waals surface area (Å²) in [5.74, 6) is 1.08. The average molecular weight is 408 g/mol. The van der Waals surface area contributed by atoms with Gasteiger partial charge in [0, 0.05) is 31.9 Å². The fourth-order valence-corrected chi connectivity index (χ4v) is 4.61. The molecular weight excluding hydrogens is 374 g/mol. The van der Waals surface area contributed by atoms with Gasteiger partial charge < -0.3 is 9.64 Å². The Hall–Kier alpha value is -2.37. The molecule has 2 aliphatic heterocycles. The molecule has 0 aromatic heterocycles. The molecule has 0 saturated carbocycles. The molecule has 1 saturated heterocycles. The highest BCUT2D eigenvalue weighted by atomic mass is 16.5. The molecule has 2 aliphatic rings. The lowest BCUT2D eigenvalue weighted by Crippen LogP contribution is -2.43. The maximum Gasteiger partial charge on any atom is 0.241 e. The zero-order valence-corrected chi connectivity index (χ0v) is 18.3. The van der Waals surface area contributed by atoms with Crippen molar-refractivity contribution in [2.45, 2.75) is 32.7 Å². The minimum Gasteiger partial charge on any atom is -0.497 e. The van der Waals surface area contributed by atoms with E-state index in [1.54, 1.807) is 7.11 Å². The number of rotatable bonds is 5. The predicted octanol–water partition coefficient (Wildman–Crippen LogP) is 3.49. The monoisotopic (exact) mass is 407 g/mol. The summed E-state index contributed by atoms with van der Waals surface area (Å²) in [4.78, 5) is 20.0. The highest BCUT2D eigenvalue weighted by Crippen LogP contribution is 2.30. The van der Waals surface area contributed by atoms with Crippen molar-refractivity contribution in [1.82, 2.24) is 9.80 Å². The number of nitrogens with zero attached hydrogens (tertiary/aromatic N) is 3. The second kappa shape index (κ2) is 9.63. The number of hydrogen-bond acceptors (Lipinski definition) is 4. The molecule has 2 aromatic rings. The number of fused-ring (bicyclic) bond motifs is 1. The molecule has 2 heterocycles. The van der Waals surface area contributed by atoms with Crippen molar-refractivity contribution < 1.29 is 9.53 Å². The molecule has 0 aliphatic carbocycles. The minimum atomic E-state index is 0.216. The first kappa shape index (κ1) is 20.9. The maximum absolute atomic E-state index is 13.2. The lowest BCUT2D eigenvalue weighted by atomic mass is 10.0. The first-order valence-electron chi connectivity index (χ1n) is 11.1. The van der Waals surface area contributed by atoms with Crippen molar-refractivity contribution in [2.75, 3.05) is 51.3 Å². The van der Waals surface area contributed by atoms with E-state index in [2.05, 4.69) is 47.1 Å². The SMILES string of the molecule is COc1ccc2c(c1)CCCN2C(=O)CN1CCCN(Cc2ccccc2C)CC1. The van der Waals surface area contributed by atoms with E-state index in [9.17, 15) is 4.79 Å². The van der Waals surface area contributed by atoms with Gasteiger partial charge in [0.15, 0.2) is 0 Å². The highest BCUT2D eigenvalue weighted by molar-refractivity contribution is 5.96. The van der Waals surface area contributed by atoms with Crippen LogP contribution < -0.4 is 9.64 Å². The Morgan fingerprint density at radius 3 is 2.60 bits per heavy atom. The number of aryl methyl sites for hydroxylation is 2. The summed E-state index contributed by atoms with van der Waals surface area (Å²) >= 11 is 0. The molecule has 1 fully saturated rings. The standard InChI is InChI=1S/C25H33N3O2/c1-20-7-3-4-8-22(20)18-26-12-6-13-27(16-15-26)19-25(29)28-14-5-9-21-17-23(30-2)10-11-24(21)28/h3-4,7-8,10-11,17H,5-6,9,12-16,18-19H2,1-2H3. The Labute approximate surface area is 180 Å². The van der Waals surface area contributed by atoms with Crippen molar-refractivity contribution in [3.05, 3.63) is 59.2 Å². The maximum atomic E-state index is 13.2. The number of hydrogen-bond donors (Lipinski definition) is 0. The molecule has 5 heteroatoms. The summed E-state index contributed by atoms with van der Waals surface area (Å²) in [6, 6.07) is 14.7. The summed E-state index contributed by atoms with van der Waals surface area (Å²) in [5.41, 5.74) is 5.04. The zero-order chi connectivity index (χ0) is 20.9. The Balaban J connectivity index is 1.35. The van der Waals surface area contributed by atoms with Gasteiger partial charge in [0.1, 0.15) is 5.75 Å². The Bertz CT molecular complexity index is 882. The van der Waals surface area contributed by atoms with Gasteiger partial charge in [-0.2, -0.15) is 0 Å². The predicted molar refractivity (Wildman–Crippen MR) is 121 cm³/mol. The van der Waals surface area contributed by atoms with Gasteiger partial charge in [-0.1, -0.05) is 24.3 Å². The number of carbonyl (C=O) groups excluding carboxylic acids is 1. The van der Waals surface area contributed by atoms with Gasteiger partial charge in [0.05, 0.1) is 13.7 Å². The van der Waals surface area contributed by atoms with Crippen LogP contribution in [0.5, 0.6) is 5.75 Å². The fourth-order valence-electron chi connectivity index (χ4n) is 4.61. The van der Waals surface area contributed by atoms with E-state index in [1.807, 2.05) is 17.0 Å². The van der Waals surface area contributed by atoms with E-state index >= 15 is 0 Å². The van der Waals surface area contributed by atoms with E-state index in [-0.39, 0.29) is 5.91 Å². The molecule has 30 heavy (non-hydrogen) atoms. The van der Waals surface area contributed by atoms with Crippen molar-refractivity contribution in [1.29, 1.82) is 0 Å². The van der Waals surface area contributed by atoms with Crippen LogP contribution in [0.3, 0.4) is 0 Å². The number of amides is 1. The van der Waals surface area contributed by atoms with Crippen LogP contribution in [0.1, 0.15) is 29.5 Å². The molecule has 0 unspecified atom stereocenters. The van der Waals surface area contributed by atoms with Gasteiger partial charge in [0.2, 0.25) is 5.91 Å². The molecule has 0 bridgehead atoms. The van der Waals surface area contributed by atoms with Crippen LogP contribution in [0.25, 0.3) is 0 Å². The summed E-state index contributed by atoms with van der Waals surface area (Å²) < 4.78 is 5.36. The molecule has 4 rings (SSSR count). The first-order chi connectivity index (χ1) is 14.6. The third-order valence-electron chi connectivity index (χ3n) is 6.40. The van der Waals surface area contributed by atoms with Gasteiger partial charge in [-0.25, -0.2) is 0 Å². The van der Waals surface area contributed by atoms with Gasteiger partial charge in [-0.15, -0.1) is 0 Å². The van der Waals surface area contributed by atoms with Crippen molar-refractivity contribution in [3.63, 3.8) is 0 Å². The van der Waals surface area contributed by atoms with E-state index in [1.165, 1.54) is 16.7 Å². The molecule has 2 aromatic carbocycles. The summed E-state index contributed by atoms with van der Waals surface area (Å²) in [5, 5.41) is 0. The van der Waals surface area contributed by atoms with E-state index in [4.69, 9.17) is 4.74 Å². The van der Waals surface area contributed by atoms with Gasteiger partial charge in [0.25, 0.3) is 0 Å². The fraction of sp³-hybridized carbons (Fsp3) is 0.480. The molecule has 5 nitrogen and oxygen atoms in total. The molecule has 0 radical (unpaired) electrons. The smallest absolute Gasteiger partial charge is 0.241 e. The van der Waals surface area contributed by atoms with E-state index in [0.717, 1.165) is 70.0 Å². The number of benzene rings is 2. The van der Waals surface area contributed by atoms with Gasteiger partial charge in [-0.05, 0) is 74.2 Å². The number of anilines is 1. The van der Waals surface area contributed by atoms with Crippen molar-refractivity contribution >= 4 is 11.6 Å². The largest absolute Gasteiger partial charge is 0.497 e. The second-order valence-electron chi connectivity index (χ2n) is 8.48. The summed E-state index contributed by atoms with van der Waals surface area (Å²) in [7, 11) is 1.69. The number of methoxy groups -OCH3 is 1. The van der Waals surface area contributed by atoms with Crippen LogP contribution in [0.2, 0.25) is 0 Å². The Morgan fingerprint density at radius 2 is 1.77 bits per heavy atom. The number of carbonyl (C=O) groups is 1. The topological polar surface area (TPSA) is 36.0 Å². The average Bonchev–Trinajstić information content (AvgIpc) is 2.99. The molecule has 0 N–H and O–H groups in total. The Morgan fingerprint density at radius 1 is 0.967 bits per heavy atom. The quantitative estimate of drug-likeness (QED) is 0.760. The van der Waals surface area contributed by atoms with Crippen LogP contribution in [0.4, 0.5) is 5.69 Å². The second-order valence-corrected chi connectivity index (χ2v) is 8.48. The first-order valence-corrected chi connectivity index (χ1v) is 11.1. The van der Waals surface area contributed by atoms with Gasteiger partial charge >= 0.3 is 0 Å². The lowest BCUT2D eigenvalue weighted by Gasteiger charge is -2.31. The van der Waals surface area contributed by atoms with Crippen LogP contribution >= 0.6 is 0 Å². The highest BCUT2D eigenvalue weighted by Gasteiger charge is 2.25. The van der Waals surface area contributed by atoms with E-state index in [0.29, 0.717) is 6.54 Å². The van der Waals surface area contributed by atoms with Crippen LogP contribution in [-0.2, 0) is 17.8 Å². The molecule has 0 spiro atoms. The Kier molecular flexibility index (Phi) is 6.70. The third-order valence-corrected chi connectivity index (χ3v) is 6.40. The van der Waals surface area contributed by atoms with Crippen LogP contribution in [0.15, 0.2) is 42.5 Å². The molecule has 0 atom stereocenters. The minimum absolute atomic E-state index is 0.216. The van der Waals surface area contributed by atoms with Crippen LogP contribution in [0, 0.1) is 6.92 Å². The third kappa shape index (κ3) is 4.85. The zero-order valence-electron chi connectivity index (χ0n) is 18.3. The van der Waals surface area contributed by atoms with Crippen molar-refractivity contribution in [3.8, 4) is 5.75 Å². The summed E-state index contributed by atoms with van der Waals surface area (Å²) in [6.45, 7) is 8.52. The number of ether oxygens (including phenoxy) is 1.